The number of hydrogen-bond donors (Lipinski definition) is 0. The van der Waals surface area contributed by atoms with Crippen LogP contribution in [0.4, 0.5) is 0 Å². The zero-order valence-electron chi connectivity index (χ0n) is 10.8. The fourth-order valence-electron chi connectivity index (χ4n) is 2.08. The molecule has 0 amide bonds. The maximum absolute atomic E-state index is 5.96. The number of nitrogens with zero attached hydrogens (tertiary/aromatic N) is 1. The van der Waals surface area contributed by atoms with E-state index >= 15 is 0 Å². The van der Waals surface area contributed by atoms with Crippen molar-refractivity contribution in [3.05, 3.63) is 63.7 Å². The highest BCUT2D eigenvalue weighted by molar-refractivity contribution is 9.10. The number of benzene rings is 2. The van der Waals surface area contributed by atoms with E-state index in [1.54, 1.807) is 24.4 Å². The van der Waals surface area contributed by atoms with E-state index in [-0.39, 0.29) is 0 Å². The van der Waals surface area contributed by atoms with Gasteiger partial charge < -0.3 is 4.74 Å². The first-order valence-electron chi connectivity index (χ1n) is 6.24. The summed E-state index contributed by atoms with van der Waals surface area (Å²) in [6.07, 6.45) is 1.74. The summed E-state index contributed by atoms with van der Waals surface area (Å²) in [6.45, 7) is 0. The van der Waals surface area contributed by atoms with E-state index in [9.17, 15) is 0 Å². The molecule has 0 aliphatic heterocycles. The Bertz CT molecular complexity index is 807. The van der Waals surface area contributed by atoms with E-state index in [1.165, 1.54) is 0 Å². The van der Waals surface area contributed by atoms with Crippen molar-refractivity contribution >= 4 is 49.9 Å². The molecule has 3 aromatic rings. The Balaban J connectivity index is 2.09. The maximum Gasteiger partial charge on any atom is 0.227 e. The molecule has 0 fully saturated rings. The van der Waals surface area contributed by atoms with Crippen LogP contribution >= 0.6 is 39.1 Å². The Morgan fingerprint density at radius 1 is 1.10 bits per heavy atom. The summed E-state index contributed by atoms with van der Waals surface area (Å²) in [5, 5.41) is 2.62. The monoisotopic (exact) mass is 381 g/mol. The molecular formula is C16H10BrCl2NO. The highest BCUT2D eigenvalue weighted by Gasteiger charge is 2.10. The van der Waals surface area contributed by atoms with Crippen LogP contribution < -0.4 is 4.74 Å². The largest absolute Gasteiger partial charge is 0.437 e. The zero-order chi connectivity index (χ0) is 14.8. The molecule has 0 spiro atoms. The molecule has 1 heterocycles. The summed E-state index contributed by atoms with van der Waals surface area (Å²) >= 11 is 15.3. The Hall–Kier alpha value is -1.29. The van der Waals surface area contributed by atoms with Crippen LogP contribution in [0.2, 0.25) is 5.02 Å². The maximum atomic E-state index is 5.96. The molecule has 0 atom stereocenters. The lowest BCUT2D eigenvalue weighted by Gasteiger charge is -2.11. The standard InChI is InChI=1S/C16H10BrCl2NO/c17-14-7-11(19)5-6-15(14)21-16-13-4-2-1-3-12(13)10(8-18)9-20-16/h1-7,9H,8H2. The molecule has 0 saturated heterocycles. The molecular weight excluding hydrogens is 373 g/mol. The van der Waals surface area contributed by atoms with Crippen molar-refractivity contribution in [3.63, 3.8) is 0 Å². The average Bonchev–Trinajstić information content (AvgIpc) is 2.50. The Morgan fingerprint density at radius 3 is 2.57 bits per heavy atom. The van der Waals surface area contributed by atoms with Crippen molar-refractivity contribution in [3.8, 4) is 11.6 Å². The summed E-state index contributed by atoms with van der Waals surface area (Å²) in [4.78, 5) is 4.38. The van der Waals surface area contributed by atoms with Crippen LogP contribution in [0.1, 0.15) is 5.56 Å². The molecule has 21 heavy (non-hydrogen) atoms. The van der Waals surface area contributed by atoms with E-state index in [0.717, 1.165) is 20.8 Å². The number of fused-ring (bicyclic) bond motifs is 1. The van der Waals surface area contributed by atoms with Crippen LogP contribution in [0, 0.1) is 0 Å². The predicted octanol–water partition coefficient (Wildman–Crippen LogP) is 6.18. The van der Waals surface area contributed by atoms with Gasteiger partial charge in [-0.1, -0.05) is 29.8 Å². The third-order valence-corrected chi connectivity index (χ3v) is 4.23. The minimum absolute atomic E-state index is 0.415. The first kappa shape index (κ1) is 14.6. The van der Waals surface area contributed by atoms with Crippen LogP contribution in [0.5, 0.6) is 11.6 Å². The summed E-state index contributed by atoms with van der Waals surface area (Å²) in [5.41, 5.74) is 0.981. The molecule has 0 aliphatic rings. The van der Waals surface area contributed by atoms with E-state index < -0.39 is 0 Å². The van der Waals surface area contributed by atoms with Crippen molar-refractivity contribution in [1.29, 1.82) is 0 Å². The number of rotatable bonds is 3. The van der Waals surface area contributed by atoms with Crippen molar-refractivity contribution in [2.75, 3.05) is 0 Å². The second kappa shape index (κ2) is 6.22. The molecule has 0 N–H and O–H groups in total. The molecule has 0 saturated carbocycles. The SMILES string of the molecule is ClCc1cnc(Oc2ccc(Cl)cc2Br)c2ccccc12. The summed E-state index contributed by atoms with van der Waals surface area (Å²) in [7, 11) is 0. The van der Waals surface area contributed by atoms with Gasteiger partial charge in [-0.2, -0.15) is 0 Å². The van der Waals surface area contributed by atoms with Gasteiger partial charge in [0, 0.05) is 22.5 Å². The van der Waals surface area contributed by atoms with Gasteiger partial charge in [-0.3, -0.25) is 0 Å². The number of aromatic nitrogens is 1. The lowest BCUT2D eigenvalue weighted by Crippen LogP contribution is -1.93. The van der Waals surface area contributed by atoms with Crippen LogP contribution in [0.15, 0.2) is 53.1 Å². The predicted molar refractivity (Wildman–Crippen MR) is 90.5 cm³/mol. The van der Waals surface area contributed by atoms with Gasteiger partial charge in [0.25, 0.3) is 0 Å². The van der Waals surface area contributed by atoms with Crippen molar-refractivity contribution in [2.24, 2.45) is 0 Å². The highest BCUT2D eigenvalue weighted by atomic mass is 79.9. The average molecular weight is 383 g/mol. The van der Waals surface area contributed by atoms with E-state index in [1.807, 2.05) is 24.3 Å². The second-order valence-electron chi connectivity index (χ2n) is 4.44. The quantitative estimate of drug-likeness (QED) is 0.504. The first-order chi connectivity index (χ1) is 10.2. The Morgan fingerprint density at radius 2 is 1.86 bits per heavy atom. The lowest BCUT2D eigenvalue weighted by molar-refractivity contribution is 0.466. The topological polar surface area (TPSA) is 22.1 Å². The second-order valence-corrected chi connectivity index (χ2v) is 6.00. The van der Waals surface area contributed by atoms with E-state index in [0.29, 0.717) is 22.5 Å². The van der Waals surface area contributed by atoms with Crippen LogP contribution in [0.25, 0.3) is 10.8 Å². The first-order valence-corrected chi connectivity index (χ1v) is 7.95. The van der Waals surface area contributed by atoms with Crippen molar-refractivity contribution in [1.82, 2.24) is 4.98 Å². The number of pyridine rings is 1. The number of ether oxygens (including phenoxy) is 1. The van der Waals surface area contributed by atoms with E-state index in [2.05, 4.69) is 20.9 Å². The molecule has 2 aromatic carbocycles. The molecule has 0 radical (unpaired) electrons. The van der Waals surface area contributed by atoms with Crippen molar-refractivity contribution in [2.45, 2.75) is 5.88 Å². The smallest absolute Gasteiger partial charge is 0.227 e. The third kappa shape index (κ3) is 3.00. The summed E-state index contributed by atoms with van der Waals surface area (Å²) < 4.78 is 6.70. The number of hydrogen-bond acceptors (Lipinski definition) is 2. The van der Waals surface area contributed by atoms with Crippen LogP contribution in [0.3, 0.4) is 0 Å². The van der Waals surface area contributed by atoms with Gasteiger partial charge >= 0.3 is 0 Å². The number of alkyl halides is 1. The van der Waals surface area contributed by atoms with Gasteiger partial charge in [-0.15, -0.1) is 11.6 Å². The molecule has 5 heteroatoms. The summed E-state index contributed by atoms with van der Waals surface area (Å²) in [5.74, 6) is 1.62. The molecule has 3 rings (SSSR count). The van der Waals surface area contributed by atoms with E-state index in [4.69, 9.17) is 27.9 Å². The van der Waals surface area contributed by atoms with Gasteiger partial charge in [0.2, 0.25) is 5.88 Å². The molecule has 0 unspecified atom stereocenters. The molecule has 106 valence electrons. The molecule has 0 bridgehead atoms. The van der Waals surface area contributed by atoms with Crippen molar-refractivity contribution < 1.29 is 4.74 Å². The van der Waals surface area contributed by atoms with Gasteiger partial charge in [0.15, 0.2) is 0 Å². The Kier molecular flexibility index (Phi) is 4.34. The van der Waals surface area contributed by atoms with Crippen LogP contribution in [-0.2, 0) is 5.88 Å². The minimum atomic E-state index is 0.415. The Labute approximate surface area is 140 Å². The van der Waals surface area contributed by atoms with Gasteiger partial charge in [-0.25, -0.2) is 4.98 Å². The minimum Gasteiger partial charge on any atom is -0.437 e. The third-order valence-electron chi connectivity index (χ3n) is 3.09. The fraction of sp³-hybridized carbons (Fsp3) is 0.0625. The van der Waals surface area contributed by atoms with Gasteiger partial charge in [0.1, 0.15) is 5.75 Å². The molecule has 1 aromatic heterocycles. The van der Waals surface area contributed by atoms with Gasteiger partial charge in [-0.05, 0) is 51.1 Å². The zero-order valence-corrected chi connectivity index (χ0v) is 13.9. The van der Waals surface area contributed by atoms with Gasteiger partial charge in [0.05, 0.1) is 4.47 Å². The number of halogens is 3. The fourth-order valence-corrected chi connectivity index (χ4v) is 3.05. The van der Waals surface area contributed by atoms with Crippen LogP contribution in [-0.4, -0.2) is 4.98 Å². The normalized spacial score (nSPS) is 10.8. The molecule has 2 nitrogen and oxygen atoms in total. The summed E-state index contributed by atoms with van der Waals surface area (Å²) in [6, 6.07) is 13.3. The lowest BCUT2D eigenvalue weighted by atomic mass is 10.1. The molecule has 0 aliphatic carbocycles. The highest BCUT2D eigenvalue weighted by Crippen LogP contribution is 2.35.